The van der Waals surface area contributed by atoms with Gasteiger partial charge in [-0.05, 0) is 73.7 Å². The summed E-state index contributed by atoms with van der Waals surface area (Å²) >= 11 is 0. The van der Waals surface area contributed by atoms with Crippen LogP contribution in [0, 0.1) is 17.1 Å². The first kappa shape index (κ1) is 33.7. The van der Waals surface area contributed by atoms with Crippen LogP contribution in [0.2, 0.25) is 0 Å². The minimum Gasteiger partial charge on any atom is -0.403 e. The molecule has 1 saturated carbocycles. The maximum atomic E-state index is 12.4. The minimum absolute atomic E-state index is 0.133. The molecule has 0 aromatic heterocycles. The second-order valence-electron chi connectivity index (χ2n) is 9.69. The quantitative estimate of drug-likeness (QED) is 0.271. The minimum atomic E-state index is -0.374. The normalized spacial score (nSPS) is 14.1. The van der Waals surface area contributed by atoms with Crippen LogP contribution < -0.4 is 27.6 Å². The molecule has 1 heterocycles. The van der Waals surface area contributed by atoms with Crippen LogP contribution in [-0.4, -0.2) is 66.8 Å². The van der Waals surface area contributed by atoms with Crippen molar-refractivity contribution in [3.63, 3.8) is 0 Å². The molecule has 42 heavy (non-hydrogen) atoms. The van der Waals surface area contributed by atoms with Crippen LogP contribution in [-0.2, 0) is 9.59 Å². The Kier molecular flexibility index (Phi) is 14.5. The molecule has 11 nitrogen and oxygen atoms in total. The van der Waals surface area contributed by atoms with Crippen LogP contribution in [0.4, 0.5) is 10.1 Å². The number of nitrogens with two attached hydrogens (primary N) is 3. The molecule has 2 aliphatic rings. The molecule has 226 valence electrons. The molecule has 1 saturated heterocycles. The number of anilines is 1. The number of hydrazine groups is 1. The van der Waals surface area contributed by atoms with Gasteiger partial charge in [0.2, 0.25) is 11.8 Å². The average molecular weight is 581 g/mol. The highest BCUT2D eigenvalue weighted by Crippen LogP contribution is 2.39. The van der Waals surface area contributed by atoms with Crippen molar-refractivity contribution in [1.29, 1.82) is 5.26 Å². The summed E-state index contributed by atoms with van der Waals surface area (Å²) in [5.41, 5.74) is 12.6. The Morgan fingerprint density at radius 3 is 2.05 bits per heavy atom. The molecule has 2 aromatic rings. The van der Waals surface area contributed by atoms with Crippen molar-refractivity contribution in [3.8, 4) is 6.07 Å². The number of nitrogens with one attached hydrogen (secondary N) is 1. The summed E-state index contributed by atoms with van der Waals surface area (Å²) in [5, 5.41) is 12.5. The molecule has 0 bridgehead atoms. The van der Waals surface area contributed by atoms with Crippen LogP contribution in [0.1, 0.15) is 54.4 Å². The van der Waals surface area contributed by atoms with Gasteiger partial charge in [0, 0.05) is 44.1 Å². The Hall–Kier alpha value is -4.47. The molecule has 1 aliphatic heterocycles. The largest absolute Gasteiger partial charge is 0.403 e. The van der Waals surface area contributed by atoms with E-state index < -0.39 is 0 Å². The lowest BCUT2D eigenvalue weighted by molar-refractivity contribution is -0.138. The maximum absolute atomic E-state index is 12.4. The Morgan fingerprint density at radius 2 is 1.57 bits per heavy atom. The lowest BCUT2D eigenvalue weighted by Crippen LogP contribution is -2.52. The van der Waals surface area contributed by atoms with Crippen LogP contribution in [0.25, 0.3) is 0 Å². The Balaban J connectivity index is 0.000000357. The van der Waals surface area contributed by atoms with Crippen molar-refractivity contribution >= 4 is 23.4 Å². The molecule has 12 heteroatoms. The zero-order valence-corrected chi connectivity index (χ0v) is 24.0. The van der Waals surface area contributed by atoms with Crippen LogP contribution in [0.15, 0.2) is 60.9 Å². The highest BCUT2D eigenvalue weighted by atomic mass is 19.1. The van der Waals surface area contributed by atoms with Crippen molar-refractivity contribution in [1.82, 2.24) is 15.1 Å². The van der Waals surface area contributed by atoms with E-state index in [0.717, 1.165) is 18.9 Å². The molecule has 2 fully saturated rings. The molecule has 0 spiro atoms. The van der Waals surface area contributed by atoms with Gasteiger partial charge in [0.25, 0.3) is 5.91 Å². The average Bonchev–Trinajstić information content (AvgIpc) is 3.87. The lowest BCUT2D eigenvalue weighted by Gasteiger charge is -2.34. The molecule has 2 aromatic carbocycles. The first-order chi connectivity index (χ1) is 20.2. The smallest absolute Gasteiger partial charge is 0.251 e. The van der Waals surface area contributed by atoms with Crippen molar-refractivity contribution < 1.29 is 18.8 Å². The highest BCUT2D eigenvalue weighted by molar-refractivity contribution is 5.96. The molecule has 0 atom stereocenters. The summed E-state index contributed by atoms with van der Waals surface area (Å²) in [7, 11) is 0. The van der Waals surface area contributed by atoms with Gasteiger partial charge in [0.05, 0.1) is 18.3 Å². The van der Waals surface area contributed by atoms with E-state index in [1.54, 1.807) is 34.1 Å². The van der Waals surface area contributed by atoms with Gasteiger partial charge in [0.1, 0.15) is 12.2 Å². The molecular weight excluding hydrogens is 539 g/mol. The third-order valence-electron chi connectivity index (χ3n) is 6.50. The van der Waals surface area contributed by atoms with Crippen LogP contribution in [0.3, 0.4) is 0 Å². The monoisotopic (exact) mass is 580 g/mol. The van der Waals surface area contributed by atoms with E-state index in [4.69, 9.17) is 22.6 Å². The predicted molar refractivity (Wildman–Crippen MR) is 160 cm³/mol. The van der Waals surface area contributed by atoms with E-state index in [-0.39, 0.29) is 36.5 Å². The Bertz CT molecular complexity index is 1200. The molecule has 1 aliphatic carbocycles. The zero-order valence-electron chi connectivity index (χ0n) is 24.0. The zero-order chi connectivity index (χ0) is 30.9. The van der Waals surface area contributed by atoms with E-state index in [0.29, 0.717) is 37.4 Å². The van der Waals surface area contributed by atoms with Crippen molar-refractivity contribution in [2.24, 2.45) is 17.3 Å². The number of amides is 3. The lowest BCUT2D eigenvalue weighted by atomic mass is 10.1. The number of carbonyl (C=O) groups excluding carboxylic acids is 3. The standard InChI is InChI=1S/C18H23N7O3.C9H9F.C3H9N/c19-6-5-16(26)23-9-11-24(12-10-23)17(27)13-22-18(28)14-1-3-15(4-2-14)25(21)8-7-20;10-9-5-3-8(4-6-9)7-1-2-7;1-2-3-4/h1-4,7-8H,5,9-13,20-21H2,(H,22,28);3-7H,1-2H2;2-4H2,1H3/b8-7-;;. The van der Waals surface area contributed by atoms with Crippen molar-refractivity contribution in [2.75, 3.05) is 44.3 Å². The topological polar surface area (TPSA) is 175 Å². The fourth-order valence-corrected chi connectivity index (χ4v) is 3.87. The highest BCUT2D eigenvalue weighted by Gasteiger charge is 2.24. The van der Waals surface area contributed by atoms with E-state index in [9.17, 15) is 18.8 Å². The van der Waals surface area contributed by atoms with Crippen molar-refractivity contribution in [3.05, 3.63) is 77.9 Å². The van der Waals surface area contributed by atoms with E-state index >= 15 is 0 Å². The Labute approximate surface area is 246 Å². The van der Waals surface area contributed by atoms with Crippen LogP contribution >= 0.6 is 0 Å². The van der Waals surface area contributed by atoms with Gasteiger partial charge in [-0.15, -0.1) is 0 Å². The molecule has 0 unspecified atom stereocenters. The number of rotatable bonds is 8. The fourth-order valence-electron chi connectivity index (χ4n) is 3.87. The van der Waals surface area contributed by atoms with Gasteiger partial charge < -0.3 is 26.6 Å². The van der Waals surface area contributed by atoms with Crippen LogP contribution in [0.5, 0.6) is 0 Å². The maximum Gasteiger partial charge on any atom is 0.251 e. The second kappa shape index (κ2) is 18.1. The summed E-state index contributed by atoms with van der Waals surface area (Å²) in [4.78, 5) is 39.3. The molecule has 4 rings (SSSR count). The number of nitrogens with zero attached hydrogens (tertiary/aromatic N) is 4. The second-order valence-corrected chi connectivity index (χ2v) is 9.69. The van der Waals surface area contributed by atoms with Gasteiger partial charge >= 0.3 is 0 Å². The van der Waals surface area contributed by atoms with Gasteiger partial charge in [-0.25, -0.2) is 10.2 Å². The van der Waals surface area contributed by atoms with Gasteiger partial charge in [0.15, 0.2) is 0 Å². The van der Waals surface area contributed by atoms with E-state index in [1.807, 2.05) is 18.2 Å². The number of benzene rings is 2. The van der Waals surface area contributed by atoms with E-state index in [1.165, 1.54) is 47.9 Å². The third kappa shape index (κ3) is 11.6. The Morgan fingerprint density at radius 1 is 1.02 bits per heavy atom. The third-order valence-corrected chi connectivity index (χ3v) is 6.50. The SMILES string of the molecule is CCCN.Fc1ccc(C2CC2)cc1.N#CCC(=O)N1CCN(C(=O)CNC(=O)c2ccc(N(N)/C=C\N)cc2)CC1. The molecule has 0 radical (unpaired) electrons. The first-order valence-corrected chi connectivity index (χ1v) is 13.9. The summed E-state index contributed by atoms with van der Waals surface area (Å²) in [6.07, 6.45) is 6.28. The summed E-state index contributed by atoms with van der Waals surface area (Å²) < 4.78 is 12.4. The van der Waals surface area contributed by atoms with Gasteiger partial charge in [-0.1, -0.05) is 19.1 Å². The summed E-state index contributed by atoms with van der Waals surface area (Å²) in [6.45, 7) is 4.26. The number of hydrogen-bond donors (Lipinski definition) is 4. The van der Waals surface area contributed by atoms with E-state index in [2.05, 4.69) is 12.2 Å². The molecule has 3 amide bonds. The first-order valence-electron chi connectivity index (χ1n) is 13.9. The molecular formula is C30H41FN8O3. The number of nitriles is 1. The number of hydrogen-bond acceptors (Lipinski definition) is 8. The molecule has 7 N–H and O–H groups in total. The van der Waals surface area contributed by atoms with Crippen molar-refractivity contribution in [2.45, 2.75) is 38.5 Å². The predicted octanol–water partition coefficient (Wildman–Crippen LogP) is 2.17. The number of piperazine rings is 1. The van der Waals surface area contributed by atoms with Gasteiger partial charge in [-0.3, -0.25) is 19.4 Å². The summed E-state index contributed by atoms with van der Waals surface area (Å²) in [6, 6.07) is 15.2. The summed E-state index contributed by atoms with van der Waals surface area (Å²) in [5.74, 6) is 5.51. The number of halogens is 1. The number of carbonyl (C=O) groups is 3. The fraction of sp³-hybridized carbons (Fsp3) is 0.400. The van der Waals surface area contributed by atoms with Gasteiger partial charge in [-0.2, -0.15) is 5.26 Å².